The van der Waals surface area contributed by atoms with Crippen molar-refractivity contribution in [3.05, 3.63) is 64.9 Å². The highest BCUT2D eigenvalue weighted by molar-refractivity contribution is 6.30. The maximum atomic E-state index is 11.6. The molecule has 0 saturated heterocycles. The largest absolute Gasteiger partial charge is 0.338 e. The maximum absolute atomic E-state index is 11.6. The number of rotatable bonds is 5. The minimum absolute atomic E-state index is 0.194. The Labute approximate surface area is 123 Å². The first kappa shape index (κ1) is 14.3. The van der Waals surface area contributed by atoms with Crippen LogP contribution in [0.3, 0.4) is 0 Å². The van der Waals surface area contributed by atoms with Crippen LogP contribution in [0.4, 0.5) is 4.79 Å². The third-order valence-electron chi connectivity index (χ3n) is 2.73. The molecule has 0 radical (unpaired) electrons. The summed E-state index contributed by atoms with van der Waals surface area (Å²) >= 11 is 5.88. The van der Waals surface area contributed by atoms with Gasteiger partial charge in [0.05, 0.1) is 0 Å². The predicted octanol–water partition coefficient (Wildman–Crippen LogP) is 2.78. The van der Waals surface area contributed by atoms with E-state index in [4.69, 9.17) is 11.6 Å². The van der Waals surface area contributed by atoms with Crippen molar-refractivity contribution in [1.29, 1.82) is 0 Å². The molecule has 0 spiro atoms. The molecule has 0 aliphatic heterocycles. The number of hydrogen-bond donors (Lipinski definition) is 2. The molecule has 0 unspecified atom stereocenters. The fourth-order valence-corrected chi connectivity index (χ4v) is 1.95. The van der Waals surface area contributed by atoms with Gasteiger partial charge in [0.1, 0.15) is 0 Å². The Hall–Kier alpha value is -2.07. The molecule has 1 heterocycles. The molecule has 5 heteroatoms. The summed E-state index contributed by atoms with van der Waals surface area (Å²) in [7, 11) is 0. The van der Waals surface area contributed by atoms with E-state index in [1.54, 1.807) is 12.3 Å². The standard InChI is InChI=1S/C15H16ClN3O/c16-13-5-3-4-12(10-13)11-19-15(20)18-9-7-14-6-1-2-8-17-14/h1-6,8,10H,7,9,11H2,(H2,18,19,20). The summed E-state index contributed by atoms with van der Waals surface area (Å²) in [6, 6.07) is 13.0. The molecule has 0 bridgehead atoms. The fourth-order valence-electron chi connectivity index (χ4n) is 1.74. The quantitative estimate of drug-likeness (QED) is 0.889. The van der Waals surface area contributed by atoms with E-state index in [0.717, 1.165) is 11.3 Å². The first-order chi connectivity index (χ1) is 9.74. The molecule has 0 atom stereocenters. The van der Waals surface area contributed by atoms with Gasteiger partial charge in [0.15, 0.2) is 0 Å². The van der Waals surface area contributed by atoms with Gasteiger partial charge >= 0.3 is 6.03 Å². The van der Waals surface area contributed by atoms with Crippen molar-refractivity contribution < 1.29 is 4.79 Å². The van der Waals surface area contributed by atoms with Crippen LogP contribution in [-0.2, 0) is 13.0 Å². The van der Waals surface area contributed by atoms with Crippen molar-refractivity contribution in [2.24, 2.45) is 0 Å². The number of aromatic nitrogens is 1. The number of halogens is 1. The highest BCUT2D eigenvalue weighted by Gasteiger charge is 2.01. The van der Waals surface area contributed by atoms with Crippen LogP contribution in [0, 0.1) is 0 Å². The van der Waals surface area contributed by atoms with E-state index in [-0.39, 0.29) is 6.03 Å². The first-order valence-electron chi connectivity index (χ1n) is 6.40. The lowest BCUT2D eigenvalue weighted by Crippen LogP contribution is -2.36. The van der Waals surface area contributed by atoms with Crippen LogP contribution in [0.1, 0.15) is 11.3 Å². The summed E-state index contributed by atoms with van der Waals surface area (Å²) in [6.45, 7) is 1.01. The molecule has 2 aromatic rings. The van der Waals surface area contributed by atoms with Crippen LogP contribution in [-0.4, -0.2) is 17.6 Å². The third kappa shape index (κ3) is 4.90. The first-order valence-corrected chi connectivity index (χ1v) is 6.78. The number of carbonyl (C=O) groups excluding carboxylic acids is 1. The molecule has 20 heavy (non-hydrogen) atoms. The Morgan fingerprint density at radius 1 is 1.15 bits per heavy atom. The summed E-state index contributed by atoms with van der Waals surface area (Å²) in [5.74, 6) is 0. The van der Waals surface area contributed by atoms with Crippen LogP contribution in [0.2, 0.25) is 5.02 Å². The second-order valence-electron chi connectivity index (χ2n) is 4.31. The number of nitrogens with zero attached hydrogens (tertiary/aromatic N) is 1. The molecule has 0 aliphatic carbocycles. The minimum atomic E-state index is -0.194. The van der Waals surface area contributed by atoms with Crippen LogP contribution >= 0.6 is 11.6 Å². The zero-order valence-electron chi connectivity index (χ0n) is 11.0. The molecule has 4 nitrogen and oxygen atoms in total. The monoisotopic (exact) mass is 289 g/mol. The van der Waals surface area contributed by atoms with Gasteiger partial charge in [0, 0.05) is 36.4 Å². The number of benzene rings is 1. The lowest BCUT2D eigenvalue weighted by atomic mass is 10.2. The van der Waals surface area contributed by atoms with E-state index >= 15 is 0 Å². The topological polar surface area (TPSA) is 54.0 Å². The second-order valence-corrected chi connectivity index (χ2v) is 4.75. The minimum Gasteiger partial charge on any atom is -0.338 e. The molecule has 1 aromatic heterocycles. The van der Waals surface area contributed by atoms with Gasteiger partial charge in [-0.1, -0.05) is 29.8 Å². The van der Waals surface area contributed by atoms with E-state index in [9.17, 15) is 4.79 Å². The average molecular weight is 290 g/mol. The second kappa shape index (κ2) is 7.50. The molecular formula is C15H16ClN3O. The van der Waals surface area contributed by atoms with Crippen molar-refractivity contribution >= 4 is 17.6 Å². The molecular weight excluding hydrogens is 274 g/mol. The number of urea groups is 1. The van der Waals surface area contributed by atoms with Crippen LogP contribution in [0.15, 0.2) is 48.7 Å². The summed E-state index contributed by atoms with van der Waals surface area (Å²) < 4.78 is 0. The van der Waals surface area contributed by atoms with Crippen LogP contribution in [0.25, 0.3) is 0 Å². The predicted molar refractivity (Wildman–Crippen MR) is 79.6 cm³/mol. The zero-order valence-corrected chi connectivity index (χ0v) is 11.7. The molecule has 2 amide bonds. The van der Waals surface area contributed by atoms with E-state index in [1.807, 2.05) is 36.4 Å². The molecule has 0 fully saturated rings. The average Bonchev–Trinajstić information content (AvgIpc) is 2.46. The van der Waals surface area contributed by atoms with Gasteiger partial charge < -0.3 is 10.6 Å². The van der Waals surface area contributed by atoms with Crippen molar-refractivity contribution in [3.8, 4) is 0 Å². The zero-order chi connectivity index (χ0) is 14.2. The number of amides is 2. The van der Waals surface area contributed by atoms with Crippen molar-refractivity contribution in [3.63, 3.8) is 0 Å². The number of hydrogen-bond acceptors (Lipinski definition) is 2. The summed E-state index contributed by atoms with van der Waals surface area (Å²) in [5.41, 5.74) is 1.93. The highest BCUT2D eigenvalue weighted by Crippen LogP contribution is 2.10. The summed E-state index contributed by atoms with van der Waals surface area (Å²) in [6.07, 6.45) is 2.46. The summed E-state index contributed by atoms with van der Waals surface area (Å²) in [5, 5.41) is 6.24. The molecule has 2 N–H and O–H groups in total. The van der Waals surface area contributed by atoms with E-state index in [1.165, 1.54) is 0 Å². The lowest BCUT2D eigenvalue weighted by molar-refractivity contribution is 0.240. The molecule has 104 valence electrons. The Morgan fingerprint density at radius 2 is 2.05 bits per heavy atom. The Balaban J connectivity index is 1.68. The van der Waals surface area contributed by atoms with E-state index in [0.29, 0.717) is 24.5 Å². The van der Waals surface area contributed by atoms with E-state index < -0.39 is 0 Å². The van der Waals surface area contributed by atoms with Gasteiger partial charge in [-0.05, 0) is 29.8 Å². The lowest BCUT2D eigenvalue weighted by Gasteiger charge is -2.07. The van der Waals surface area contributed by atoms with Gasteiger partial charge in [0.25, 0.3) is 0 Å². The molecule has 0 aliphatic rings. The van der Waals surface area contributed by atoms with Gasteiger partial charge in [0.2, 0.25) is 0 Å². The Kier molecular flexibility index (Phi) is 5.38. The van der Waals surface area contributed by atoms with Gasteiger partial charge in [-0.3, -0.25) is 4.98 Å². The Morgan fingerprint density at radius 3 is 2.80 bits per heavy atom. The van der Waals surface area contributed by atoms with Crippen molar-refractivity contribution in [2.45, 2.75) is 13.0 Å². The van der Waals surface area contributed by atoms with Crippen molar-refractivity contribution in [2.75, 3.05) is 6.54 Å². The molecule has 1 aromatic carbocycles. The summed E-state index contributed by atoms with van der Waals surface area (Å²) in [4.78, 5) is 15.8. The van der Waals surface area contributed by atoms with Gasteiger partial charge in [-0.25, -0.2) is 4.79 Å². The van der Waals surface area contributed by atoms with Crippen LogP contribution in [0.5, 0.6) is 0 Å². The Bertz CT molecular complexity index is 560. The maximum Gasteiger partial charge on any atom is 0.315 e. The normalized spacial score (nSPS) is 10.1. The fraction of sp³-hybridized carbons (Fsp3) is 0.200. The number of carbonyl (C=O) groups is 1. The highest BCUT2D eigenvalue weighted by atomic mass is 35.5. The molecule has 2 rings (SSSR count). The van der Waals surface area contributed by atoms with Crippen LogP contribution < -0.4 is 10.6 Å². The van der Waals surface area contributed by atoms with E-state index in [2.05, 4.69) is 15.6 Å². The van der Waals surface area contributed by atoms with Gasteiger partial charge in [-0.15, -0.1) is 0 Å². The molecule has 0 saturated carbocycles. The van der Waals surface area contributed by atoms with Crippen molar-refractivity contribution in [1.82, 2.24) is 15.6 Å². The number of nitrogens with one attached hydrogen (secondary N) is 2. The third-order valence-corrected chi connectivity index (χ3v) is 2.97. The van der Waals surface area contributed by atoms with Gasteiger partial charge in [-0.2, -0.15) is 0 Å². The number of pyridine rings is 1. The SMILES string of the molecule is O=C(NCCc1ccccn1)NCc1cccc(Cl)c1. The smallest absolute Gasteiger partial charge is 0.315 e.